The van der Waals surface area contributed by atoms with Crippen molar-refractivity contribution in [3.63, 3.8) is 0 Å². The lowest BCUT2D eigenvalue weighted by molar-refractivity contribution is -0.140. The van der Waals surface area contributed by atoms with Gasteiger partial charge in [0, 0.05) is 54.4 Å². The van der Waals surface area contributed by atoms with Crippen molar-refractivity contribution >= 4 is 45.8 Å². The number of aromatic nitrogens is 4. The van der Waals surface area contributed by atoms with E-state index in [4.69, 9.17) is 33.7 Å². The molecule has 0 spiro atoms. The second-order valence-corrected chi connectivity index (χ2v) is 18.0. The summed E-state index contributed by atoms with van der Waals surface area (Å²) in [5.74, 6) is 2.03. The van der Waals surface area contributed by atoms with E-state index in [0.717, 1.165) is 99.1 Å². The number of benzene rings is 3. The minimum Gasteiger partial charge on any atom is -0.488 e. The summed E-state index contributed by atoms with van der Waals surface area (Å²) < 4.78 is 27.2. The number of aromatic amines is 2. The zero-order valence-electron chi connectivity index (χ0n) is 38.2. The molecule has 3 aliphatic heterocycles. The van der Waals surface area contributed by atoms with E-state index in [-0.39, 0.29) is 36.0 Å². The molecule has 4 aliphatic rings. The summed E-state index contributed by atoms with van der Waals surface area (Å²) in [6.45, 7) is 7.90. The van der Waals surface area contributed by atoms with Crippen LogP contribution in [-0.2, 0) is 35.1 Å². The van der Waals surface area contributed by atoms with Crippen molar-refractivity contribution in [1.29, 1.82) is 0 Å². The third-order valence-electron chi connectivity index (χ3n) is 14.0. The Balaban J connectivity index is 1.00. The molecule has 8 atom stereocenters. The van der Waals surface area contributed by atoms with Gasteiger partial charge in [-0.1, -0.05) is 18.2 Å². The number of nitrogens with one attached hydrogen (secondary N) is 4. The lowest BCUT2D eigenvalue weighted by Gasteiger charge is -2.33. The largest absolute Gasteiger partial charge is 0.488 e. The van der Waals surface area contributed by atoms with E-state index >= 15 is 0 Å². The van der Waals surface area contributed by atoms with E-state index in [2.05, 4.69) is 57.0 Å². The summed E-state index contributed by atoms with van der Waals surface area (Å²) in [7, 11) is 5.56. The predicted molar refractivity (Wildman–Crippen MR) is 241 cm³/mol. The number of alkyl carbamates (subject to hydrolysis) is 2. The van der Waals surface area contributed by atoms with Crippen molar-refractivity contribution in [3.8, 4) is 28.1 Å². The molecule has 9 rings (SSSR count). The number of carbonyl (C=O) groups excluding carboxylic acids is 4. The number of ether oxygens (including phenoxy) is 5. The topological polar surface area (TPSA) is 202 Å². The zero-order valence-corrected chi connectivity index (χ0v) is 38.2. The summed E-state index contributed by atoms with van der Waals surface area (Å²) in [6, 6.07) is 12.1. The van der Waals surface area contributed by atoms with E-state index in [1.54, 1.807) is 18.7 Å². The SMILES string of the molecule is COC(=O)N[C@H](C(=O)N1[C@@H](C)CC[C@H]1c1nc(-c2ccc3c(c2)COc2cc4c(ccc5[nH]c([C@@H]6CC[C@H](C)N6C(=O)[C@@H](NC(=O)OC)[C@@H](C)OC)nc54)cc2-3)c(C2CC2)[nH]1)[C@@H](C)OC. The highest BCUT2D eigenvalue weighted by atomic mass is 16.5. The van der Waals surface area contributed by atoms with Crippen LogP contribution in [0.15, 0.2) is 42.5 Å². The van der Waals surface area contributed by atoms with Gasteiger partial charge in [-0.2, -0.15) is 0 Å². The minimum absolute atomic E-state index is 0.0710. The van der Waals surface area contributed by atoms with Gasteiger partial charge in [0.05, 0.1) is 55.2 Å². The summed E-state index contributed by atoms with van der Waals surface area (Å²) in [5.41, 5.74) is 7.68. The molecule has 5 aromatic rings. The van der Waals surface area contributed by atoms with Gasteiger partial charge in [-0.15, -0.1) is 0 Å². The average Bonchev–Trinajstić information content (AvgIpc) is 3.58. The number of nitrogens with zero attached hydrogens (tertiary/aromatic N) is 4. The van der Waals surface area contributed by atoms with E-state index in [0.29, 0.717) is 24.8 Å². The van der Waals surface area contributed by atoms with Gasteiger partial charge in [0.1, 0.15) is 36.1 Å². The Kier molecular flexibility index (Phi) is 12.0. The number of hydrogen-bond donors (Lipinski definition) is 4. The van der Waals surface area contributed by atoms with Gasteiger partial charge in [0.25, 0.3) is 0 Å². The molecule has 3 aromatic carbocycles. The van der Waals surface area contributed by atoms with E-state index in [1.165, 1.54) is 28.4 Å². The van der Waals surface area contributed by atoms with E-state index in [1.807, 2.05) is 24.8 Å². The lowest BCUT2D eigenvalue weighted by Crippen LogP contribution is -2.55. The second-order valence-electron chi connectivity index (χ2n) is 18.0. The number of hydrogen-bond acceptors (Lipinski definition) is 11. The molecular formula is C48H58N8O9. The summed E-state index contributed by atoms with van der Waals surface area (Å²) in [5, 5.41) is 7.29. The average molecular weight is 891 g/mol. The maximum Gasteiger partial charge on any atom is 0.407 e. The first-order valence-corrected chi connectivity index (χ1v) is 22.5. The van der Waals surface area contributed by atoms with Crippen molar-refractivity contribution in [1.82, 2.24) is 40.4 Å². The van der Waals surface area contributed by atoms with Gasteiger partial charge in [0.2, 0.25) is 11.8 Å². The van der Waals surface area contributed by atoms with Crippen LogP contribution in [0.1, 0.15) is 107 Å². The van der Waals surface area contributed by atoms with Crippen molar-refractivity contribution in [3.05, 3.63) is 65.4 Å². The van der Waals surface area contributed by atoms with Crippen LogP contribution < -0.4 is 15.4 Å². The number of likely N-dealkylation sites (tertiary alicyclic amines) is 2. The molecule has 17 nitrogen and oxygen atoms in total. The third-order valence-corrected chi connectivity index (χ3v) is 14.0. The first-order chi connectivity index (χ1) is 31.3. The van der Waals surface area contributed by atoms with Crippen molar-refractivity contribution in [2.45, 2.75) is 127 Å². The molecule has 5 heterocycles. The van der Waals surface area contributed by atoms with Crippen LogP contribution in [0.2, 0.25) is 0 Å². The smallest absolute Gasteiger partial charge is 0.407 e. The van der Waals surface area contributed by atoms with Crippen LogP contribution in [-0.4, -0.2) is 119 Å². The standard InChI is InChI=1S/C48H58N8O9/c1-23-9-17-35(55(23)45(57)38(25(3)61-5)53-47(59)63-7)43-49-34-16-14-28-20-33-31-15-13-29(19-30(31)22-65-37(33)21-32(28)42(34)52-43)41-40(27-11-12-27)50-44(51-41)36-18-10-24(2)56(36)46(58)39(26(4)62-6)54-48(60)64-8/h13-16,19-21,23-27,35-36,38-39H,9-12,17-18,22H2,1-8H3,(H,49,52)(H,50,51)(H,53,59)(H,54,60)/t23-,24-,25+,26+,35-,36-,38-,39-/m0/s1. The van der Waals surface area contributed by atoms with Crippen molar-refractivity contribution in [2.75, 3.05) is 28.4 Å². The Morgan fingerprint density at radius 1 is 0.723 bits per heavy atom. The highest BCUT2D eigenvalue weighted by Gasteiger charge is 2.44. The van der Waals surface area contributed by atoms with Gasteiger partial charge < -0.3 is 54.1 Å². The van der Waals surface area contributed by atoms with Crippen molar-refractivity contribution < 1.29 is 42.9 Å². The molecule has 1 saturated carbocycles. The number of carbonyl (C=O) groups is 4. The third kappa shape index (κ3) is 8.02. The molecule has 2 saturated heterocycles. The Morgan fingerprint density at radius 2 is 1.32 bits per heavy atom. The number of fused-ring (bicyclic) bond motifs is 6. The van der Waals surface area contributed by atoms with E-state index in [9.17, 15) is 19.2 Å². The Bertz CT molecular complexity index is 2660. The highest BCUT2D eigenvalue weighted by molar-refractivity contribution is 6.07. The molecule has 17 heteroatoms. The molecule has 0 unspecified atom stereocenters. The minimum atomic E-state index is -0.938. The summed E-state index contributed by atoms with van der Waals surface area (Å²) in [6.07, 6.45) is 2.57. The molecule has 0 bridgehead atoms. The van der Waals surface area contributed by atoms with Crippen LogP contribution in [0.4, 0.5) is 9.59 Å². The monoisotopic (exact) mass is 890 g/mol. The first-order valence-electron chi connectivity index (χ1n) is 22.5. The maximum atomic E-state index is 14.2. The summed E-state index contributed by atoms with van der Waals surface area (Å²) in [4.78, 5) is 74.0. The van der Waals surface area contributed by atoms with Gasteiger partial charge in [-0.25, -0.2) is 19.6 Å². The normalized spacial score (nSPS) is 22.2. The number of rotatable bonds is 12. The fourth-order valence-electron chi connectivity index (χ4n) is 10.0. The Morgan fingerprint density at radius 3 is 1.89 bits per heavy atom. The molecule has 65 heavy (non-hydrogen) atoms. The zero-order chi connectivity index (χ0) is 45.8. The van der Waals surface area contributed by atoms with Crippen LogP contribution in [0.5, 0.6) is 5.75 Å². The predicted octanol–water partition coefficient (Wildman–Crippen LogP) is 7.17. The Hall–Kier alpha value is -6.20. The fourth-order valence-corrected chi connectivity index (χ4v) is 10.0. The van der Waals surface area contributed by atoms with Crippen LogP contribution in [0.25, 0.3) is 44.2 Å². The van der Waals surface area contributed by atoms with Crippen molar-refractivity contribution in [2.24, 2.45) is 0 Å². The fraction of sp³-hybridized carbons (Fsp3) is 0.500. The van der Waals surface area contributed by atoms with Gasteiger partial charge >= 0.3 is 12.2 Å². The van der Waals surface area contributed by atoms with Gasteiger partial charge in [-0.3, -0.25) is 9.59 Å². The molecule has 4 amide bonds. The molecule has 344 valence electrons. The maximum absolute atomic E-state index is 14.2. The first kappa shape index (κ1) is 44.0. The van der Waals surface area contributed by atoms with Crippen LogP contribution in [0.3, 0.4) is 0 Å². The molecule has 1 aliphatic carbocycles. The molecule has 3 fully saturated rings. The molecule has 2 aromatic heterocycles. The number of H-pyrrole nitrogens is 2. The van der Waals surface area contributed by atoms with Gasteiger partial charge in [-0.05, 0) is 107 Å². The summed E-state index contributed by atoms with van der Waals surface area (Å²) >= 11 is 0. The Labute approximate surface area is 377 Å². The van der Waals surface area contributed by atoms with Crippen LogP contribution in [0, 0.1) is 0 Å². The molecular weight excluding hydrogens is 833 g/mol. The van der Waals surface area contributed by atoms with E-state index < -0.39 is 36.5 Å². The number of imidazole rings is 2. The number of methoxy groups -OCH3 is 4. The number of amides is 4. The van der Waals surface area contributed by atoms with Crippen LogP contribution >= 0.6 is 0 Å². The lowest BCUT2D eigenvalue weighted by atomic mass is 9.92. The molecule has 4 N–H and O–H groups in total. The highest BCUT2D eigenvalue weighted by Crippen LogP contribution is 2.48. The second kappa shape index (κ2) is 17.6. The molecule has 0 radical (unpaired) electrons. The van der Waals surface area contributed by atoms with Gasteiger partial charge in [0.15, 0.2) is 0 Å². The quantitative estimate of drug-likeness (QED) is 0.0990.